The molecule has 1 fully saturated rings. The fourth-order valence-corrected chi connectivity index (χ4v) is 5.79. The van der Waals surface area contributed by atoms with Crippen LogP contribution in [-0.2, 0) is 10.5 Å². The number of rotatable bonds is 7. The smallest absolute Gasteiger partial charge is 0.375 e. The molecule has 0 saturated heterocycles. The van der Waals surface area contributed by atoms with Gasteiger partial charge < -0.3 is 19.2 Å². The van der Waals surface area contributed by atoms with E-state index in [0.29, 0.717) is 22.1 Å². The Balaban J connectivity index is 1.35. The van der Waals surface area contributed by atoms with Crippen LogP contribution in [0.25, 0.3) is 27.6 Å². The van der Waals surface area contributed by atoms with Gasteiger partial charge in [-0.15, -0.1) is 0 Å². The summed E-state index contributed by atoms with van der Waals surface area (Å²) in [5.74, 6) is -0.0424. The first kappa shape index (κ1) is 23.1. The number of esters is 1. The van der Waals surface area contributed by atoms with Crippen molar-refractivity contribution in [1.29, 1.82) is 5.26 Å². The molecule has 2 aromatic carbocycles. The fourth-order valence-electron chi connectivity index (χ4n) is 4.44. The molecule has 0 spiro atoms. The summed E-state index contributed by atoms with van der Waals surface area (Å²) in [5, 5.41) is 21.6. The van der Waals surface area contributed by atoms with E-state index >= 15 is 0 Å². The van der Waals surface area contributed by atoms with Gasteiger partial charge in [-0.1, -0.05) is 49.6 Å². The number of carbonyl (C=O) groups excluding carboxylic acids is 1. The predicted octanol–water partition coefficient (Wildman–Crippen LogP) is 6.52. The number of ether oxygens (including phenoxy) is 1. The number of aliphatic hydroxyl groups is 1. The molecule has 35 heavy (non-hydrogen) atoms. The van der Waals surface area contributed by atoms with E-state index in [1.165, 1.54) is 32.1 Å². The number of thioether (sulfide) groups is 1. The van der Waals surface area contributed by atoms with Gasteiger partial charge in [-0.3, -0.25) is 0 Å². The number of fused-ring (bicyclic) bond motifs is 2. The number of H-pyrrole nitrogens is 1. The normalized spacial score (nSPS) is 15.2. The molecule has 2 N–H and O–H groups in total. The second-order valence-corrected chi connectivity index (χ2v) is 9.88. The van der Waals surface area contributed by atoms with Crippen LogP contribution in [0.15, 0.2) is 58.7 Å². The van der Waals surface area contributed by atoms with E-state index in [-0.39, 0.29) is 22.9 Å². The summed E-state index contributed by atoms with van der Waals surface area (Å²) in [7, 11) is 0. The highest BCUT2D eigenvalue weighted by atomic mass is 32.2. The van der Waals surface area contributed by atoms with Crippen LogP contribution in [-0.4, -0.2) is 32.9 Å². The number of benzene rings is 2. The molecule has 0 radical (unpaired) electrons. The van der Waals surface area contributed by atoms with Crippen molar-refractivity contribution in [3.05, 3.63) is 71.4 Å². The number of para-hydroxylation sites is 3. The number of hydrogen-bond acceptors (Lipinski definition) is 7. The van der Waals surface area contributed by atoms with Gasteiger partial charge in [0.2, 0.25) is 5.76 Å². The Hall–Kier alpha value is -3.70. The minimum absolute atomic E-state index is 0.0771. The Bertz CT molecular complexity index is 1410. The van der Waals surface area contributed by atoms with E-state index < -0.39 is 12.6 Å². The Labute approximate surface area is 206 Å². The third-order valence-corrected chi connectivity index (χ3v) is 7.66. The standard InChI is InChI=1S/C27H25N3O4S/c28-14-19(26-29-21-11-5-6-12-22(21)30-26)23(31)15-33-27(32)25-20(16-35-17-8-2-1-3-9-17)18-10-4-7-13-24(18)34-25/h4-7,10-13,17,31H,1-3,8-9,15-16H2,(H,29,30). The maximum absolute atomic E-state index is 13.0. The number of aliphatic hydroxyl groups excluding tert-OH is 1. The van der Waals surface area contributed by atoms with E-state index in [1.807, 2.05) is 60.3 Å². The van der Waals surface area contributed by atoms with Crippen LogP contribution in [0.2, 0.25) is 0 Å². The Morgan fingerprint density at radius 2 is 1.94 bits per heavy atom. The summed E-state index contributed by atoms with van der Waals surface area (Å²) in [4.78, 5) is 20.4. The molecule has 0 bridgehead atoms. The van der Waals surface area contributed by atoms with Crippen molar-refractivity contribution in [2.75, 3.05) is 6.61 Å². The molecule has 1 saturated carbocycles. The Morgan fingerprint density at radius 3 is 2.74 bits per heavy atom. The van der Waals surface area contributed by atoms with Crippen LogP contribution in [0.1, 0.15) is 54.0 Å². The second kappa shape index (κ2) is 10.3. The molecule has 2 aromatic heterocycles. The van der Waals surface area contributed by atoms with E-state index in [4.69, 9.17) is 9.15 Å². The van der Waals surface area contributed by atoms with Crippen LogP contribution < -0.4 is 0 Å². The largest absolute Gasteiger partial charge is 0.507 e. The lowest BCUT2D eigenvalue weighted by Gasteiger charge is -2.20. The molecule has 1 aliphatic carbocycles. The summed E-state index contributed by atoms with van der Waals surface area (Å²) in [6.07, 6.45) is 6.17. The number of furan rings is 1. The molecule has 0 amide bonds. The van der Waals surface area contributed by atoms with E-state index in [0.717, 1.165) is 16.5 Å². The number of nitrogens with zero attached hydrogens (tertiary/aromatic N) is 2. The molecule has 178 valence electrons. The molecule has 5 rings (SSSR count). The van der Waals surface area contributed by atoms with Gasteiger partial charge in [0, 0.05) is 22.0 Å². The number of nitriles is 1. The van der Waals surface area contributed by atoms with Gasteiger partial charge in [-0.25, -0.2) is 9.78 Å². The third-order valence-electron chi connectivity index (χ3n) is 6.27. The van der Waals surface area contributed by atoms with Gasteiger partial charge in [-0.2, -0.15) is 17.0 Å². The van der Waals surface area contributed by atoms with Gasteiger partial charge in [0.15, 0.2) is 18.2 Å². The van der Waals surface area contributed by atoms with Crippen molar-refractivity contribution in [1.82, 2.24) is 9.97 Å². The van der Waals surface area contributed by atoms with Gasteiger partial charge in [0.25, 0.3) is 0 Å². The van der Waals surface area contributed by atoms with Crippen LogP contribution in [0.4, 0.5) is 0 Å². The highest BCUT2D eigenvalue weighted by Gasteiger charge is 2.24. The average Bonchev–Trinajstić information content (AvgIpc) is 3.48. The molecule has 0 atom stereocenters. The van der Waals surface area contributed by atoms with E-state index in [2.05, 4.69) is 9.97 Å². The number of nitrogens with one attached hydrogen (secondary N) is 1. The highest BCUT2D eigenvalue weighted by molar-refractivity contribution is 7.99. The lowest BCUT2D eigenvalue weighted by molar-refractivity contribution is 0.0468. The maximum Gasteiger partial charge on any atom is 0.375 e. The van der Waals surface area contributed by atoms with Crippen molar-refractivity contribution in [3.8, 4) is 6.07 Å². The minimum atomic E-state index is -0.672. The minimum Gasteiger partial charge on any atom is -0.507 e. The predicted molar refractivity (Wildman–Crippen MR) is 136 cm³/mol. The molecule has 0 aliphatic heterocycles. The lowest BCUT2D eigenvalue weighted by atomic mass is 10.0. The number of hydrogen-bond donors (Lipinski definition) is 2. The molecule has 0 unspecified atom stereocenters. The topological polar surface area (TPSA) is 112 Å². The highest BCUT2D eigenvalue weighted by Crippen LogP contribution is 2.35. The SMILES string of the molecule is N#CC(=C(O)COC(=O)c1oc2ccccc2c1CSC1CCCCC1)c1nc2ccccc2[nH]1. The number of allylic oxidation sites excluding steroid dienone is 1. The van der Waals surface area contributed by atoms with Crippen molar-refractivity contribution >= 4 is 45.3 Å². The third kappa shape index (κ3) is 4.91. The fraction of sp³-hybridized carbons (Fsp3) is 0.296. The van der Waals surface area contributed by atoms with Crippen molar-refractivity contribution in [2.45, 2.75) is 43.1 Å². The number of carbonyl (C=O) groups is 1. The van der Waals surface area contributed by atoms with E-state index in [9.17, 15) is 15.2 Å². The van der Waals surface area contributed by atoms with Gasteiger partial charge in [0.05, 0.1) is 11.0 Å². The number of imidazole rings is 1. The Kier molecular flexibility index (Phi) is 6.77. The van der Waals surface area contributed by atoms with Crippen LogP contribution in [0.3, 0.4) is 0 Å². The van der Waals surface area contributed by atoms with Crippen LogP contribution in [0.5, 0.6) is 0 Å². The summed E-state index contributed by atoms with van der Waals surface area (Å²) in [5.41, 5.74) is 2.76. The molecule has 2 heterocycles. The number of aromatic nitrogens is 2. The van der Waals surface area contributed by atoms with Crippen LogP contribution >= 0.6 is 11.8 Å². The zero-order valence-electron chi connectivity index (χ0n) is 19.1. The zero-order valence-corrected chi connectivity index (χ0v) is 19.9. The first-order chi connectivity index (χ1) is 17.1. The molecule has 4 aromatic rings. The quantitative estimate of drug-likeness (QED) is 0.173. The van der Waals surface area contributed by atoms with Gasteiger partial charge in [0.1, 0.15) is 17.2 Å². The summed E-state index contributed by atoms with van der Waals surface area (Å²) in [6, 6.07) is 16.8. The number of aromatic amines is 1. The monoisotopic (exact) mass is 487 g/mol. The summed E-state index contributed by atoms with van der Waals surface area (Å²) >= 11 is 1.85. The Morgan fingerprint density at radius 1 is 1.17 bits per heavy atom. The lowest BCUT2D eigenvalue weighted by Crippen LogP contribution is -2.11. The molecular weight excluding hydrogens is 462 g/mol. The zero-order chi connectivity index (χ0) is 24.2. The van der Waals surface area contributed by atoms with Gasteiger partial charge >= 0.3 is 5.97 Å². The van der Waals surface area contributed by atoms with Gasteiger partial charge in [-0.05, 0) is 31.0 Å². The first-order valence-corrected chi connectivity index (χ1v) is 12.8. The molecular formula is C27H25N3O4S. The summed E-state index contributed by atoms with van der Waals surface area (Å²) in [6.45, 7) is -0.467. The van der Waals surface area contributed by atoms with Crippen molar-refractivity contribution in [3.63, 3.8) is 0 Å². The van der Waals surface area contributed by atoms with Crippen LogP contribution in [0, 0.1) is 11.3 Å². The van der Waals surface area contributed by atoms with Crippen molar-refractivity contribution < 1.29 is 19.1 Å². The second-order valence-electron chi connectivity index (χ2n) is 8.59. The van der Waals surface area contributed by atoms with E-state index in [1.54, 1.807) is 6.07 Å². The first-order valence-electron chi connectivity index (χ1n) is 11.7. The van der Waals surface area contributed by atoms with Crippen molar-refractivity contribution in [2.24, 2.45) is 0 Å². The molecule has 8 heteroatoms. The molecule has 7 nitrogen and oxygen atoms in total. The maximum atomic E-state index is 13.0. The summed E-state index contributed by atoms with van der Waals surface area (Å²) < 4.78 is 11.3. The molecule has 1 aliphatic rings. The average molecular weight is 488 g/mol.